The summed E-state index contributed by atoms with van der Waals surface area (Å²) in [6.45, 7) is 5.79. The largest absolute Gasteiger partial charge is 0.385 e. The topological polar surface area (TPSA) is 63.6 Å². The van der Waals surface area contributed by atoms with Crippen molar-refractivity contribution < 1.29 is 9.63 Å². The third-order valence-corrected chi connectivity index (χ3v) is 5.28. The molecule has 0 aromatic carbocycles. The molecule has 1 aliphatic carbocycles. The number of hydrogen-bond donors (Lipinski definition) is 1. The first kappa shape index (κ1) is 17.9. The lowest BCUT2D eigenvalue weighted by atomic mass is 9.97. The molecule has 0 atom stereocenters. The molecule has 0 saturated heterocycles. The van der Waals surface area contributed by atoms with Gasteiger partial charge >= 0.3 is 0 Å². The molecule has 1 aromatic heterocycles. The van der Waals surface area contributed by atoms with E-state index < -0.39 is 0 Å². The van der Waals surface area contributed by atoms with Gasteiger partial charge in [0.15, 0.2) is 6.61 Å². The van der Waals surface area contributed by atoms with Crippen LogP contribution in [0.25, 0.3) is 0 Å². The van der Waals surface area contributed by atoms with Gasteiger partial charge in [0.05, 0.1) is 21.3 Å². The Morgan fingerprint density at radius 2 is 1.91 bits per heavy atom. The maximum atomic E-state index is 12.0. The Morgan fingerprint density at radius 3 is 2.52 bits per heavy atom. The van der Waals surface area contributed by atoms with Gasteiger partial charge in [0.1, 0.15) is 0 Å². The third-order valence-electron chi connectivity index (χ3n) is 4.10. The van der Waals surface area contributed by atoms with Crippen LogP contribution >= 0.6 is 11.3 Å². The summed E-state index contributed by atoms with van der Waals surface area (Å²) in [6.07, 6.45) is 8.44. The maximum absolute atomic E-state index is 12.0. The normalized spacial score (nSPS) is 17.4. The number of nitrogens with zero attached hydrogens (tertiary/aromatic N) is 2. The first-order chi connectivity index (χ1) is 11.1. The summed E-state index contributed by atoms with van der Waals surface area (Å²) in [7, 11) is 0. The van der Waals surface area contributed by atoms with Crippen LogP contribution in [0.5, 0.6) is 0 Å². The average Bonchev–Trinajstić information content (AvgIpc) is 2.80. The van der Waals surface area contributed by atoms with Gasteiger partial charge in [0, 0.05) is 6.04 Å². The zero-order valence-corrected chi connectivity index (χ0v) is 15.2. The number of thiazole rings is 1. The highest BCUT2D eigenvalue weighted by molar-refractivity contribution is 7.13. The third kappa shape index (κ3) is 5.94. The van der Waals surface area contributed by atoms with E-state index in [4.69, 9.17) is 4.84 Å². The molecule has 5 nitrogen and oxygen atoms in total. The molecule has 0 unspecified atom stereocenters. The van der Waals surface area contributed by atoms with Gasteiger partial charge < -0.3 is 10.2 Å². The van der Waals surface area contributed by atoms with Crippen molar-refractivity contribution in [3.8, 4) is 0 Å². The van der Waals surface area contributed by atoms with E-state index in [1.165, 1.54) is 32.1 Å². The van der Waals surface area contributed by atoms with Gasteiger partial charge in [0.2, 0.25) is 0 Å². The van der Waals surface area contributed by atoms with Gasteiger partial charge in [0.25, 0.3) is 5.91 Å². The summed E-state index contributed by atoms with van der Waals surface area (Å²) in [6, 6.07) is 0.294. The van der Waals surface area contributed by atoms with Gasteiger partial charge in [-0.15, -0.1) is 11.3 Å². The Kier molecular flexibility index (Phi) is 7.02. The molecule has 0 spiro atoms. The number of rotatable bonds is 5. The minimum Gasteiger partial charge on any atom is -0.385 e. The summed E-state index contributed by atoms with van der Waals surface area (Å²) < 4.78 is 0. The fourth-order valence-electron chi connectivity index (χ4n) is 2.97. The van der Waals surface area contributed by atoms with E-state index in [-0.39, 0.29) is 12.5 Å². The van der Waals surface area contributed by atoms with Gasteiger partial charge in [-0.1, -0.05) is 37.3 Å². The van der Waals surface area contributed by atoms with E-state index in [1.807, 2.05) is 20.8 Å². The van der Waals surface area contributed by atoms with Crippen LogP contribution in [0.15, 0.2) is 5.16 Å². The van der Waals surface area contributed by atoms with E-state index in [9.17, 15) is 4.79 Å². The molecule has 0 aliphatic heterocycles. The van der Waals surface area contributed by atoms with Crippen molar-refractivity contribution in [3.63, 3.8) is 0 Å². The molecule has 1 aliphatic rings. The Balaban J connectivity index is 1.77. The quantitative estimate of drug-likeness (QED) is 0.658. The van der Waals surface area contributed by atoms with Gasteiger partial charge in [-0.2, -0.15) is 0 Å². The van der Waals surface area contributed by atoms with E-state index in [1.54, 1.807) is 11.3 Å². The molecule has 1 fully saturated rings. The van der Waals surface area contributed by atoms with Gasteiger partial charge in [-0.05, 0) is 33.6 Å². The van der Waals surface area contributed by atoms with Crippen LogP contribution in [-0.4, -0.2) is 29.3 Å². The predicted molar refractivity (Wildman–Crippen MR) is 94.0 cm³/mol. The minimum atomic E-state index is -0.0793. The van der Waals surface area contributed by atoms with Gasteiger partial charge in [-0.25, -0.2) is 4.98 Å². The molecule has 1 amide bonds. The van der Waals surface area contributed by atoms with Crippen molar-refractivity contribution in [3.05, 3.63) is 15.6 Å². The lowest BCUT2D eigenvalue weighted by Gasteiger charge is -2.20. The molecule has 1 saturated carbocycles. The molecule has 23 heavy (non-hydrogen) atoms. The number of hydrogen-bond acceptors (Lipinski definition) is 5. The molecular formula is C17H27N3O2S. The summed E-state index contributed by atoms with van der Waals surface area (Å²) >= 11 is 1.59. The Labute approximate surface area is 142 Å². The molecule has 1 aromatic rings. The highest BCUT2D eigenvalue weighted by Crippen LogP contribution is 2.18. The predicted octanol–water partition coefficient (Wildman–Crippen LogP) is 3.73. The smallest absolute Gasteiger partial charge is 0.260 e. The monoisotopic (exact) mass is 337 g/mol. The second-order valence-electron chi connectivity index (χ2n) is 6.21. The first-order valence-electron chi connectivity index (χ1n) is 8.46. The molecule has 0 bridgehead atoms. The molecule has 2 rings (SSSR count). The number of aryl methyl sites for hydroxylation is 2. The highest BCUT2D eigenvalue weighted by atomic mass is 32.1. The number of amides is 1. The SMILES string of the molecule is C/C(=N\OCC(=O)NC1CCCCCCC1)c1sc(C)nc1C. The number of oxime groups is 1. The number of carbonyl (C=O) groups excluding carboxylic acids is 1. The average molecular weight is 337 g/mol. The van der Waals surface area contributed by atoms with Crippen LogP contribution in [0.3, 0.4) is 0 Å². The highest BCUT2D eigenvalue weighted by Gasteiger charge is 2.14. The van der Waals surface area contributed by atoms with Crippen molar-refractivity contribution >= 4 is 23.0 Å². The Morgan fingerprint density at radius 1 is 1.26 bits per heavy atom. The zero-order chi connectivity index (χ0) is 16.7. The van der Waals surface area contributed by atoms with Gasteiger partial charge in [-0.3, -0.25) is 4.79 Å². The first-order valence-corrected chi connectivity index (χ1v) is 9.28. The van der Waals surface area contributed by atoms with Crippen LogP contribution in [-0.2, 0) is 9.63 Å². The molecule has 1 heterocycles. The summed E-state index contributed by atoms with van der Waals surface area (Å²) in [5.41, 5.74) is 1.73. The van der Waals surface area contributed by atoms with E-state index >= 15 is 0 Å². The zero-order valence-electron chi connectivity index (χ0n) is 14.4. The van der Waals surface area contributed by atoms with Crippen molar-refractivity contribution in [2.45, 2.75) is 71.8 Å². The molecular weight excluding hydrogens is 310 g/mol. The van der Waals surface area contributed by atoms with E-state index in [0.29, 0.717) is 6.04 Å². The summed E-state index contributed by atoms with van der Waals surface area (Å²) in [5, 5.41) is 8.14. The molecule has 128 valence electrons. The van der Waals surface area contributed by atoms with Crippen LogP contribution < -0.4 is 5.32 Å². The minimum absolute atomic E-state index is 0.0231. The Bertz CT molecular complexity index is 546. The number of carbonyl (C=O) groups is 1. The molecule has 6 heteroatoms. The van der Waals surface area contributed by atoms with Crippen LogP contribution in [0, 0.1) is 13.8 Å². The van der Waals surface area contributed by atoms with Crippen molar-refractivity contribution in [2.75, 3.05) is 6.61 Å². The fourth-order valence-corrected chi connectivity index (χ4v) is 3.82. The van der Waals surface area contributed by atoms with E-state index in [2.05, 4.69) is 15.5 Å². The van der Waals surface area contributed by atoms with Crippen molar-refractivity contribution in [1.82, 2.24) is 10.3 Å². The van der Waals surface area contributed by atoms with Crippen molar-refractivity contribution in [1.29, 1.82) is 0 Å². The summed E-state index contributed by atoms with van der Waals surface area (Å²) in [4.78, 5) is 22.6. The van der Waals surface area contributed by atoms with Crippen molar-refractivity contribution in [2.24, 2.45) is 5.16 Å². The second-order valence-corrected chi connectivity index (χ2v) is 7.41. The maximum Gasteiger partial charge on any atom is 0.260 e. The standard InChI is InChI=1S/C17H27N3O2S/c1-12-17(23-14(3)18-12)13(2)20-22-11-16(21)19-15-9-7-5-4-6-8-10-15/h15H,4-11H2,1-3H3,(H,19,21)/b20-13+. The summed E-state index contributed by atoms with van der Waals surface area (Å²) in [5.74, 6) is -0.0793. The number of nitrogens with one attached hydrogen (secondary N) is 1. The second kappa shape index (κ2) is 9.01. The Hall–Kier alpha value is -1.43. The van der Waals surface area contributed by atoms with Crippen LogP contribution in [0.2, 0.25) is 0 Å². The van der Waals surface area contributed by atoms with E-state index in [0.717, 1.165) is 34.1 Å². The lowest BCUT2D eigenvalue weighted by molar-refractivity contribution is -0.126. The fraction of sp³-hybridized carbons (Fsp3) is 0.706. The van der Waals surface area contributed by atoms with Crippen LogP contribution in [0.4, 0.5) is 0 Å². The lowest BCUT2D eigenvalue weighted by Crippen LogP contribution is -2.37. The molecule has 0 radical (unpaired) electrons. The number of aromatic nitrogens is 1. The molecule has 1 N–H and O–H groups in total. The van der Waals surface area contributed by atoms with Crippen LogP contribution in [0.1, 0.15) is 67.4 Å².